The van der Waals surface area contributed by atoms with Crippen LogP contribution in [-0.2, 0) is 4.79 Å². The van der Waals surface area contributed by atoms with Gasteiger partial charge in [0.2, 0.25) is 0 Å². The van der Waals surface area contributed by atoms with Crippen LogP contribution in [0.25, 0.3) is 0 Å². The maximum Gasteiger partial charge on any atom is 0.313 e. The van der Waals surface area contributed by atoms with Crippen LogP contribution in [-0.4, -0.2) is 22.6 Å². The van der Waals surface area contributed by atoms with Crippen molar-refractivity contribution in [2.75, 3.05) is 11.5 Å². The highest BCUT2D eigenvalue weighted by Crippen LogP contribution is 2.60. The van der Waals surface area contributed by atoms with Crippen LogP contribution in [0.5, 0.6) is 0 Å². The first kappa shape index (κ1) is 10.9. The van der Waals surface area contributed by atoms with E-state index in [0.717, 1.165) is 23.5 Å². The van der Waals surface area contributed by atoms with Gasteiger partial charge in [0.05, 0.1) is 5.75 Å². The zero-order valence-corrected chi connectivity index (χ0v) is 10.5. The van der Waals surface area contributed by atoms with Crippen molar-refractivity contribution in [3.05, 3.63) is 0 Å². The van der Waals surface area contributed by atoms with E-state index in [0.29, 0.717) is 11.2 Å². The second kappa shape index (κ2) is 3.94. The lowest BCUT2D eigenvalue weighted by molar-refractivity contribution is -0.133. The third-order valence-electron chi connectivity index (χ3n) is 4.80. The van der Waals surface area contributed by atoms with Gasteiger partial charge in [0, 0.05) is 0 Å². The van der Waals surface area contributed by atoms with Crippen molar-refractivity contribution in [2.45, 2.75) is 38.5 Å². The fourth-order valence-electron chi connectivity index (χ4n) is 4.82. The van der Waals surface area contributed by atoms with E-state index in [2.05, 4.69) is 0 Å². The Kier molecular flexibility index (Phi) is 2.69. The summed E-state index contributed by atoms with van der Waals surface area (Å²) in [6, 6.07) is 0. The van der Waals surface area contributed by atoms with Crippen LogP contribution in [0.15, 0.2) is 0 Å². The van der Waals surface area contributed by atoms with Crippen molar-refractivity contribution in [3.63, 3.8) is 0 Å². The van der Waals surface area contributed by atoms with Gasteiger partial charge < -0.3 is 5.11 Å². The Morgan fingerprint density at radius 2 is 1.62 bits per heavy atom. The van der Waals surface area contributed by atoms with Crippen LogP contribution in [0.1, 0.15) is 38.5 Å². The van der Waals surface area contributed by atoms with Gasteiger partial charge in [-0.1, -0.05) is 0 Å². The molecule has 4 aliphatic rings. The van der Waals surface area contributed by atoms with Crippen molar-refractivity contribution in [1.82, 2.24) is 0 Å². The van der Waals surface area contributed by atoms with E-state index in [9.17, 15) is 4.79 Å². The predicted octanol–water partition coefficient (Wildman–Crippen LogP) is 3.02. The molecule has 16 heavy (non-hydrogen) atoms. The minimum absolute atomic E-state index is 0.293. The summed E-state index contributed by atoms with van der Waals surface area (Å²) in [6.45, 7) is 0. The Morgan fingerprint density at radius 1 is 1.12 bits per heavy atom. The van der Waals surface area contributed by atoms with Crippen LogP contribution in [0.2, 0.25) is 0 Å². The van der Waals surface area contributed by atoms with Gasteiger partial charge in [-0.25, -0.2) is 0 Å². The monoisotopic (exact) mass is 240 g/mol. The molecule has 4 saturated carbocycles. The second-order valence-corrected chi connectivity index (χ2v) is 7.29. The third kappa shape index (κ3) is 1.99. The van der Waals surface area contributed by atoms with E-state index >= 15 is 0 Å². The SMILES string of the molecule is O=C(O)CSCC12CC3CC(CC(C3)C1)C2. The number of hydrogen-bond donors (Lipinski definition) is 1. The summed E-state index contributed by atoms with van der Waals surface area (Å²) in [7, 11) is 0. The molecule has 0 aromatic rings. The van der Waals surface area contributed by atoms with Crippen LogP contribution in [0, 0.1) is 23.2 Å². The molecule has 3 heteroatoms. The average Bonchev–Trinajstić information content (AvgIpc) is 2.13. The van der Waals surface area contributed by atoms with Gasteiger partial charge in [0.25, 0.3) is 0 Å². The summed E-state index contributed by atoms with van der Waals surface area (Å²) in [5, 5.41) is 8.71. The molecule has 0 aliphatic heterocycles. The van der Waals surface area contributed by atoms with Crippen LogP contribution < -0.4 is 0 Å². The standard InChI is InChI=1S/C13H20O2S/c14-12(15)7-16-8-13-4-9-1-10(5-13)3-11(2-9)6-13/h9-11H,1-8H2,(H,14,15). The van der Waals surface area contributed by atoms with E-state index in [1.165, 1.54) is 38.5 Å². The molecule has 2 nitrogen and oxygen atoms in total. The molecule has 0 aromatic carbocycles. The maximum atomic E-state index is 10.6. The van der Waals surface area contributed by atoms with E-state index in [4.69, 9.17) is 5.11 Å². The number of thioether (sulfide) groups is 1. The number of carboxylic acids is 1. The highest BCUT2D eigenvalue weighted by Gasteiger charge is 2.50. The minimum Gasteiger partial charge on any atom is -0.481 e. The number of hydrogen-bond acceptors (Lipinski definition) is 2. The lowest BCUT2D eigenvalue weighted by Crippen LogP contribution is -2.47. The molecule has 4 rings (SSSR count). The van der Waals surface area contributed by atoms with Gasteiger partial charge in [0.15, 0.2) is 0 Å². The predicted molar refractivity (Wildman–Crippen MR) is 65.6 cm³/mol. The summed E-state index contributed by atoms with van der Waals surface area (Å²) in [5.41, 5.74) is 0.537. The van der Waals surface area contributed by atoms with Gasteiger partial charge in [-0.3, -0.25) is 4.79 Å². The molecular weight excluding hydrogens is 220 g/mol. The first-order valence-electron chi connectivity index (χ1n) is 6.45. The topological polar surface area (TPSA) is 37.3 Å². The first-order valence-corrected chi connectivity index (χ1v) is 7.60. The highest BCUT2D eigenvalue weighted by atomic mass is 32.2. The van der Waals surface area contributed by atoms with E-state index in [1.54, 1.807) is 11.8 Å². The summed E-state index contributed by atoms with van der Waals surface area (Å²) < 4.78 is 0. The molecule has 0 aromatic heterocycles. The Morgan fingerprint density at radius 3 is 2.06 bits per heavy atom. The molecule has 4 bridgehead atoms. The summed E-state index contributed by atoms with van der Waals surface area (Å²) in [5.74, 6) is 3.68. The molecule has 0 atom stereocenters. The van der Waals surface area contributed by atoms with Gasteiger partial charge in [-0.05, 0) is 67.4 Å². The van der Waals surface area contributed by atoms with E-state index in [1.807, 2.05) is 0 Å². The summed E-state index contributed by atoms with van der Waals surface area (Å²) in [4.78, 5) is 10.6. The minimum atomic E-state index is -0.658. The zero-order chi connectivity index (χ0) is 11.2. The Bertz CT molecular complexity index is 265. The molecule has 0 heterocycles. The van der Waals surface area contributed by atoms with Crippen LogP contribution >= 0.6 is 11.8 Å². The Hall–Kier alpha value is -0.180. The second-order valence-electron chi connectivity index (χ2n) is 6.30. The molecule has 0 spiro atoms. The van der Waals surface area contributed by atoms with Gasteiger partial charge in [-0.15, -0.1) is 11.8 Å². The Balaban J connectivity index is 1.62. The molecule has 4 fully saturated rings. The molecule has 0 unspecified atom stereocenters. The number of carbonyl (C=O) groups is 1. The van der Waals surface area contributed by atoms with Gasteiger partial charge in [0.1, 0.15) is 0 Å². The number of aliphatic carboxylic acids is 1. The first-order chi connectivity index (χ1) is 7.65. The molecule has 0 amide bonds. The van der Waals surface area contributed by atoms with E-state index in [-0.39, 0.29) is 0 Å². The zero-order valence-electron chi connectivity index (χ0n) is 9.65. The van der Waals surface area contributed by atoms with Gasteiger partial charge in [-0.2, -0.15) is 0 Å². The molecular formula is C13H20O2S. The lowest BCUT2D eigenvalue weighted by Gasteiger charge is -2.56. The smallest absolute Gasteiger partial charge is 0.313 e. The normalized spacial score (nSPS) is 44.9. The number of rotatable bonds is 4. The van der Waals surface area contributed by atoms with Crippen molar-refractivity contribution < 1.29 is 9.90 Å². The quantitative estimate of drug-likeness (QED) is 0.820. The molecule has 4 aliphatic carbocycles. The van der Waals surface area contributed by atoms with Crippen molar-refractivity contribution >= 4 is 17.7 Å². The van der Waals surface area contributed by atoms with Crippen molar-refractivity contribution in [1.29, 1.82) is 0 Å². The summed E-state index contributed by atoms with van der Waals surface area (Å²) >= 11 is 1.65. The highest BCUT2D eigenvalue weighted by molar-refractivity contribution is 7.99. The lowest BCUT2D eigenvalue weighted by atomic mass is 9.50. The van der Waals surface area contributed by atoms with Crippen molar-refractivity contribution in [3.8, 4) is 0 Å². The molecule has 0 saturated heterocycles. The molecule has 90 valence electrons. The number of carboxylic acid groups (broad SMARTS) is 1. The van der Waals surface area contributed by atoms with Gasteiger partial charge >= 0.3 is 5.97 Å². The fourth-order valence-corrected chi connectivity index (χ4v) is 5.88. The maximum absolute atomic E-state index is 10.6. The third-order valence-corrected chi connectivity index (χ3v) is 6.07. The molecule has 0 radical (unpaired) electrons. The summed E-state index contributed by atoms with van der Waals surface area (Å²) in [6.07, 6.45) is 8.61. The largest absolute Gasteiger partial charge is 0.481 e. The van der Waals surface area contributed by atoms with Crippen LogP contribution in [0.4, 0.5) is 0 Å². The Labute approximate surface area is 101 Å². The fraction of sp³-hybridized carbons (Fsp3) is 0.923. The van der Waals surface area contributed by atoms with E-state index < -0.39 is 5.97 Å². The van der Waals surface area contributed by atoms with Crippen molar-refractivity contribution in [2.24, 2.45) is 23.2 Å². The van der Waals surface area contributed by atoms with Crippen LogP contribution in [0.3, 0.4) is 0 Å². The molecule has 1 N–H and O–H groups in total. The average molecular weight is 240 g/mol.